The van der Waals surface area contributed by atoms with Gasteiger partial charge in [0, 0.05) is 23.8 Å². The van der Waals surface area contributed by atoms with E-state index in [2.05, 4.69) is 27.6 Å². The van der Waals surface area contributed by atoms with Gasteiger partial charge in [-0.15, -0.1) is 0 Å². The zero-order chi connectivity index (χ0) is 16.7. The van der Waals surface area contributed by atoms with Crippen LogP contribution in [-0.4, -0.2) is 29.3 Å². The van der Waals surface area contributed by atoms with E-state index in [4.69, 9.17) is 9.26 Å². The van der Waals surface area contributed by atoms with Crippen LogP contribution in [0.2, 0.25) is 0 Å². The number of rotatable bonds is 4. The van der Waals surface area contributed by atoms with Crippen LogP contribution < -0.4 is 5.32 Å². The molecule has 1 fully saturated rings. The van der Waals surface area contributed by atoms with Crippen LogP contribution in [0.3, 0.4) is 0 Å². The number of amides is 1. The third kappa shape index (κ3) is 2.59. The Balaban J connectivity index is 1.43. The lowest BCUT2D eigenvalue weighted by molar-refractivity contribution is -0.0532. The summed E-state index contributed by atoms with van der Waals surface area (Å²) in [5.74, 6) is -0.0281. The molecule has 0 aliphatic carbocycles. The van der Waals surface area contributed by atoms with Gasteiger partial charge in [0.25, 0.3) is 5.91 Å². The van der Waals surface area contributed by atoms with Crippen molar-refractivity contribution in [2.45, 2.75) is 25.8 Å². The highest BCUT2D eigenvalue weighted by Crippen LogP contribution is 2.31. The number of carbonyl (C=O) groups is 1. The largest absolute Gasteiger partial charge is 0.379 e. The van der Waals surface area contributed by atoms with Crippen molar-refractivity contribution in [2.24, 2.45) is 0 Å². The van der Waals surface area contributed by atoms with Crippen LogP contribution in [-0.2, 0) is 16.7 Å². The number of hydrogen-bond donors (Lipinski definition) is 2. The standard InChI is InChI=1S/C18H19N3O3/c1-11-5-13-6-12(3-4-14(13)20-11)8-19-17(22)15-7-16(21-24-15)18(2)9-23-10-18/h3-7,20H,8-10H2,1-2H3,(H,19,22). The van der Waals surface area contributed by atoms with Crippen molar-refractivity contribution < 1.29 is 14.1 Å². The molecule has 24 heavy (non-hydrogen) atoms. The second kappa shape index (κ2) is 5.49. The predicted octanol–water partition coefficient (Wildman–Crippen LogP) is 2.68. The minimum Gasteiger partial charge on any atom is -0.379 e. The Bertz CT molecular complexity index is 905. The van der Waals surface area contributed by atoms with E-state index in [-0.39, 0.29) is 17.1 Å². The number of benzene rings is 1. The molecule has 3 aromatic rings. The lowest BCUT2D eigenvalue weighted by Gasteiger charge is -2.35. The number of H-pyrrole nitrogens is 1. The topological polar surface area (TPSA) is 80.2 Å². The van der Waals surface area contributed by atoms with Gasteiger partial charge in [0.2, 0.25) is 5.76 Å². The second-order valence-corrected chi connectivity index (χ2v) is 6.69. The van der Waals surface area contributed by atoms with Crippen LogP contribution in [0.25, 0.3) is 10.9 Å². The molecule has 4 rings (SSSR count). The van der Waals surface area contributed by atoms with Crippen molar-refractivity contribution in [2.75, 3.05) is 13.2 Å². The quantitative estimate of drug-likeness (QED) is 0.773. The summed E-state index contributed by atoms with van der Waals surface area (Å²) >= 11 is 0. The first-order valence-corrected chi connectivity index (χ1v) is 7.95. The Kier molecular flexibility index (Phi) is 3.42. The molecular weight excluding hydrogens is 306 g/mol. The molecule has 0 atom stereocenters. The number of nitrogens with zero attached hydrogens (tertiary/aromatic N) is 1. The first-order valence-electron chi connectivity index (χ1n) is 7.95. The Labute approximate surface area is 139 Å². The van der Waals surface area contributed by atoms with E-state index in [1.54, 1.807) is 6.07 Å². The fourth-order valence-corrected chi connectivity index (χ4v) is 2.93. The highest BCUT2D eigenvalue weighted by molar-refractivity contribution is 5.91. The Hall–Kier alpha value is -2.60. The lowest BCUT2D eigenvalue weighted by Crippen LogP contribution is -2.44. The smallest absolute Gasteiger partial charge is 0.290 e. The molecule has 0 saturated carbocycles. The Morgan fingerprint density at radius 2 is 2.17 bits per heavy atom. The van der Waals surface area contributed by atoms with Crippen LogP contribution in [0, 0.1) is 6.92 Å². The fraction of sp³-hybridized carbons (Fsp3) is 0.333. The molecular formula is C18H19N3O3. The number of carbonyl (C=O) groups excluding carboxylic acids is 1. The summed E-state index contributed by atoms with van der Waals surface area (Å²) in [5.41, 5.74) is 3.88. The molecule has 1 aliphatic rings. The third-order valence-corrected chi connectivity index (χ3v) is 4.47. The van der Waals surface area contributed by atoms with Gasteiger partial charge in [0.15, 0.2) is 0 Å². The van der Waals surface area contributed by atoms with Crippen LogP contribution in [0.1, 0.15) is 34.4 Å². The first kappa shape index (κ1) is 15.0. The maximum atomic E-state index is 12.3. The van der Waals surface area contributed by atoms with Crippen LogP contribution in [0.15, 0.2) is 34.9 Å². The van der Waals surface area contributed by atoms with E-state index in [1.165, 1.54) is 0 Å². The zero-order valence-electron chi connectivity index (χ0n) is 13.7. The number of ether oxygens (including phenoxy) is 1. The van der Waals surface area contributed by atoms with Gasteiger partial charge in [0.1, 0.15) is 0 Å². The van der Waals surface area contributed by atoms with E-state index in [1.807, 2.05) is 26.0 Å². The molecule has 3 heterocycles. The molecule has 1 amide bonds. The zero-order valence-corrected chi connectivity index (χ0v) is 13.7. The number of fused-ring (bicyclic) bond motifs is 1. The van der Waals surface area contributed by atoms with Crippen LogP contribution in [0.5, 0.6) is 0 Å². The average Bonchev–Trinajstić information content (AvgIpc) is 3.15. The molecule has 1 saturated heterocycles. The van der Waals surface area contributed by atoms with Crippen molar-refractivity contribution >= 4 is 16.8 Å². The molecule has 124 valence electrons. The molecule has 0 spiro atoms. The number of aromatic nitrogens is 2. The van der Waals surface area contributed by atoms with Gasteiger partial charge in [-0.05, 0) is 43.0 Å². The Morgan fingerprint density at radius 1 is 1.33 bits per heavy atom. The SMILES string of the molecule is Cc1cc2cc(CNC(=O)c3cc(C4(C)COC4)no3)ccc2[nH]1. The summed E-state index contributed by atoms with van der Waals surface area (Å²) in [6.07, 6.45) is 0. The molecule has 2 N–H and O–H groups in total. The van der Waals surface area contributed by atoms with E-state index in [0.29, 0.717) is 19.8 Å². The summed E-state index contributed by atoms with van der Waals surface area (Å²) in [5, 5.41) is 8.02. The van der Waals surface area contributed by atoms with Crippen molar-refractivity contribution in [1.29, 1.82) is 0 Å². The minimum absolute atomic E-state index is 0.140. The van der Waals surface area contributed by atoms with E-state index in [9.17, 15) is 4.79 Å². The first-order chi connectivity index (χ1) is 11.5. The van der Waals surface area contributed by atoms with Crippen molar-refractivity contribution in [3.63, 3.8) is 0 Å². The van der Waals surface area contributed by atoms with E-state index < -0.39 is 0 Å². The molecule has 2 aromatic heterocycles. The van der Waals surface area contributed by atoms with Gasteiger partial charge in [0.05, 0.1) is 24.3 Å². The molecule has 0 radical (unpaired) electrons. The molecule has 1 aliphatic heterocycles. The summed E-state index contributed by atoms with van der Waals surface area (Å²) in [6.45, 7) is 5.73. The number of nitrogens with one attached hydrogen (secondary N) is 2. The predicted molar refractivity (Wildman–Crippen MR) is 88.9 cm³/mol. The molecule has 6 nitrogen and oxygen atoms in total. The van der Waals surface area contributed by atoms with Crippen LogP contribution in [0.4, 0.5) is 0 Å². The minimum atomic E-state index is -0.261. The molecule has 1 aromatic carbocycles. The van der Waals surface area contributed by atoms with Gasteiger partial charge < -0.3 is 19.6 Å². The fourth-order valence-electron chi connectivity index (χ4n) is 2.93. The molecule has 6 heteroatoms. The monoisotopic (exact) mass is 325 g/mol. The number of aryl methyl sites for hydroxylation is 1. The highest BCUT2D eigenvalue weighted by atomic mass is 16.5. The average molecular weight is 325 g/mol. The van der Waals surface area contributed by atoms with Gasteiger partial charge in [-0.3, -0.25) is 4.79 Å². The normalized spacial score (nSPS) is 16.1. The van der Waals surface area contributed by atoms with Crippen molar-refractivity contribution in [1.82, 2.24) is 15.5 Å². The maximum absolute atomic E-state index is 12.3. The van der Waals surface area contributed by atoms with Gasteiger partial charge in [-0.1, -0.05) is 11.2 Å². The summed E-state index contributed by atoms with van der Waals surface area (Å²) in [6, 6.07) is 9.88. The summed E-state index contributed by atoms with van der Waals surface area (Å²) < 4.78 is 10.4. The van der Waals surface area contributed by atoms with Crippen molar-refractivity contribution in [3.05, 3.63) is 53.0 Å². The van der Waals surface area contributed by atoms with Gasteiger partial charge in [-0.2, -0.15) is 0 Å². The van der Waals surface area contributed by atoms with Gasteiger partial charge in [-0.25, -0.2) is 0 Å². The highest BCUT2D eigenvalue weighted by Gasteiger charge is 2.38. The van der Waals surface area contributed by atoms with E-state index in [0.717, 1.165) is 27.9 Å². The number of aromatic amines is 1. The molecule has 0 unspecified atom stereocenters. The third-order valence-electron chi connectivity index (χ3n) is 4.47. The lowest BCUT2D eigenvalue weighted by atomic mass is 9.85. The number of hydrogen-bond acceptors (Lipinski definition) is 4. The summed E-state index contributed by atoms with van der Waals surface area (Å²) in [7, 11) is 0. The van der Waals surface area contributed by atoms with Crippen LogP contribution >= 0.6 is 0 Å². The maximum Gasteiger partial charge on any atom is 0.290 e. The van der Waals surface area contributed by atoms with E-state index >= 15 is 0 Å². The second-order valence-electron chi connectivity index (χ2n) is 6.69. The van der Waals surface area contributed by atoms with Crippen molar-refractivity contribution in [3.8, 4) is 0 Å². The molecule has 0 bridgehead atoms. The Morgan fingerprint density at radius 3 is 2.92 bits per heavy atom. The summed E-state index contributed by atoms with van der Waals surface area (Å²) in [4.78, 5) is 15.5. The van der Waals surface area contributed by atoms with Gasteiger partial charge >= 0.3 is 0 Å².